The molecule has 0 aliphatic carbocycles. The van der Waals surface area contributed by atoms with Gasteiger partial charge in [-0.15, -0.1) is 0 Å². The highest BCUT2D eigenvalue weighted by atomic mass is 16.6. The maximum Gasteiger partial charge on any atom is 0.310 e. The third kappa shape index (κ3) is 45.0. The van der Waals surface area contributed by atoms with Gasteiger partial charge in [0.05, 0.1) is 13.0 Å². The average Bonchev–Trinajstić information content (AvgIpc) is 3.22. The molecule has 0 heterocycles. The Morgan fingerprint density at radius 1 is 0.414 bits per heavy atom. The normalized spacial score (nSPS) is 13.4. The average molecular weight is 801 g/mol. The summed E-state index contributed by atoms with van der Waals surface area (Å²) in [6.45, 7) is 7.40. The van der Waals surface area contributed by atoms with Crippen LogP contribution >= 0.6 is 0 Å². The molecule has 5 heteroatoms. The van der Waals surface area contributed by atoms with Crippen LogP contribution in [0.2, 0.25) is 0 Å². The zero-order valence-electron chi connectivity index (χ0n) is 37.3. The molecule has 0 aromatic heterocycles. The molecule has 0 amide bonds. The molecule has 1 unspecified atom stereocenters. The Labute approximate surface area is 356 Å². The first kappa shape index (κ1) is 54.3. The smallest absolute Gasteiger partial charge is 0.310 e. The van der Waals surface area contributed by atoms with Crippen molar-refractivity contribution in [1.29, 1.82) is 0 Å². The molecule has 5 nitrogen and oxygen atoms in total. The van der Waals surface area contributed by atoms with Crippen LogP contribution in [0.4, 0.5) is 0 Å². The van der Waals surface area contributed by atoms with Crippen molar-refractivity contribution in [2.45, 2.75) is 181 Å². The number of ether oxygens (including phenoxy) is 3. The Morgan fingerprint density at radius 2 is 0.810 bits per heavy atom. The fourth-order valence-electron chi connectivity index (χ4n) is 5.68. The molecule has 0 spiro atoms. The van der Waals surface area contributed by atoms with E-state index in [2.05, 4.69) is 130 Å². The van der Waals surface area contributed by atoms with Crippen LogP contribution in [0.15, 0.2) is 122 Å². The molecule has 1 atom stereocenters. The van der Waals surface area contributed by atoms with Crippen molar-refractivity contribution >= 4 is 11.9 Å². The predicted octanol–water partition coefficient (Wildman–Crippen LogP) is 15.4. The maximum atomic E-state index is 12.7. The predicted molar refractivity (Wildman–Crippen MR) is 251 cm³/mol. The molecular formula is C53H84O5. The first-order chi connectivity index (χ1) is 28.6. The second-order valence-corrected chi connectivity index (χ2v) is 14.6. The minimum atomic E-state index is -0.617. The van der Waals surface area contributed by atoms with Crippen molar-refractivity contribution < 1.29 is 23.8 Å². The van der Waals surface area contributed by atoms with Crippen molar-refractivity contribution in [3.05, 3.63) is 122 Å². The van der Waals surface area contributed by atoms with Gasteiger partial charge in [0.25, 0.3) is 0 Å². The third-order valence-corrected chi connectivity index (χ3v) is 9.03. The van der Waals surface area contributed by atoms with Gasteiger partial charge in [-0.3, -0.25) is 9.59 Å². The number of hydrogen-bond acceptors (Lipinski definition) is 5. The lowest BCUT2D eigenvalue weighted by molar-refractivity contribution is -0.162. The molecule has 0 fully saturated rings. The summed E-state index contributed by atoms with van der Waals surface area (Å²) in [5, 5.41) is 0. The quantitative estimate of drug-likeness (QED) is 0.0351. The number of allylic oxidation sites excluding steroid dienone is 19. The highest BCUT2D eigenvalue weighted by molar-refractivity contribution is 5.71. The minimum Gasteiger partial charge on any atom is -0.462 e. The van der Waals surface area contributed by atoms with Gasteiger partial charge in [0, 0.05) is 13.0 Å². The van der Waals surface area contributed by atoms with E-state index in [1.54, 1.807) is 0 Å². The van der Waals surface area contributed by atoms with E-state index >= 15 is 0 Å². The van der Waals surface area contributed by atoms with E-state index in [1.165, 1.54) is 51.4 Å². The molecule has 0 aliphatic rings. The highest BCUT2D eigenvalue weighted by Gasteiger charge is 2.17. The van der Waals surface area contributed by atoms with Crippen molar-refractivity contribution in [2.75, 3.05) is 19.8 Å². The van der Waals surface area contributed by atoms with Crippen molar-refractivity contribution in [3.63, 3.8) is 0 Å². The molecule has 0 bridgehead atoms. The van der Waals surface area contributed by atoms with Gasteiger partial charge in [0.2, 0.25) is 0 Å². The fourth-order valence-corrected chi connectivity index (χ4v) is 5.68. The topological polar surface area (TPSA) is 61.8 Å². The monoisotopic (exact) mass is 801 g/mol. The van der Waals surface area contributed by atoms with Crippen LogP contribution in [-0.2, 0) is 23.8 Å². The van der Waals surface area contributed by atoms with Crippen LogP contribution in [0.5, 0.6) is 0 Å². The zero-order valence-corrected chi connectivity index (χ0v) is 37.3. The van der Waals surface area contributed by atoms with Crippen LogP contribution in [0.25, 0.3) is 0 Å². The summed E-state index contributed by atoms with van der Waals surface area (Å²) in [6, 6.07) is 0. The van der Waals surface area contributed by atoms with Gasteiger partial charge in [0.15, 0.2) is 6.10 Å². The first-order valence-corrected chi connectivity index (χ1v) is 23.1. The van der Waals surface area contributed by atoms with E-state index in [9.17, 15) is 9.59 Å². The largest absolute Gasteiger partial charge is 0.462 e. The molecule has 0 rings (SSSR count). The summed E-state index contributed by atoms with van der Waals surface area (Å²) < 4.78 is 17.1. The second-order valence-electron chi connectivity index (χ2n) is 14.6. The Morgan fingerprint density at radius 3 is 1.26 bits per heavy atom. The van der Waals surface area contributed by atoms with Gasteiger partial charge >= 0.3 is 11.9 Å². The van der Waals surface area contributed by atoms with Gasteiger partial charge < -0.3 is 14.2 Å². The van der Waals surface area contributed by atoms with Crippen LogP contribution in [0, 0.1) is 0 Å². The molecular weight excluding hydrogens is 717 g/mol. The van der Waals surface area contributed by atoms with Gasteiger partial charge in [-0.1, -0.05) is 200 Å². The van der Waals surface area contributed by atoms with Gasteiger partial charge in [-0.25, -0.2) is 0 Å². The van der Waals surface area contributed by atoms with Crippen LogP contribution in [-0.4, -0.2) is 37.9 Å². The summed E-state index contributed by atoms with van der Waals surface area (Å²) in [5.74, 6) is -0.621. The lowest BCUT2D eigenvalue weighted by atomic mass is 10.1. The van der Waals surface area contributed by atoms with Gasteiger partial charge in [-0.05, 0) is 83.5 Å². The van der Waals surface area contributed by atoms with Gasteiger partial charge in [0.1, 0.15) is 6.61 Å². The van der Waals surface area contributed by atoms with Crippen molar-refractivity contribution in [3.8, 4) is 0 Å². The molecule has 0 saturated heterocycles. The third-order valence-electron chi connectivity index (χ3n) is 9.03. The summed E-state index contributed by atoms with van der Waals surface area (Å²) in [6.07, 6.45) is 66.6. The van der Waals surface area contributed by atoms with Crippen LogP contribution in [0.1, 0.15) is 175 Å². The molecule has 58 heavy (non-hydrogen) atoms. The van der Waals surface area contributed by atoms with Crippen molar-refractivity contribution in [1.82, 2.24) is 0 Å². The SMILES string of the molecule is CC/C=C\C/C=C\C/C=C\C/C=C\C/C=C\CCCC(=O)OCC(COCCCCCCCCCCCC)OC(=O)C/C=C\C/C=C\C/C=C\C/C=C\C/C=C\CC. The van der Waals surface area contributed by atoms with E-state index in [0.717, 1.165) is 83.5 Å². The fraction of sp³-hybridized carbons (Fsp3) is 0.585. The van der Waals surface area contributed by atoms with E-state index in [1.807, 2.05) is 12.2 Å². The second kappa shape index (κ2) is 47.7. The van der Waals surface area contributed by atoms with Crippen LogP contribution in [0.3, 0.4) is 0 Å². The lowest BCUT2D eigenvalue weighted by Crippen LogP contribution is -2.29. The van der Waals surface area contributed by atoms with E-state index < -0.39 is 6.10 Å². The highest BCUT2D eigenvalue weighted by Crippen LogP contribution is 2.11. The molecule has 0 aromatic rings. The van der Waals surface area contributed by atoms with E-state index in [4.69, 9.17) is 14.2 Å². The summed E-state index contributed by atoms with van der Waals surface area (Å²) in [5.41, 5.74) is 0. The molecule has 326 valence electrons. The Bertz CT molecular complexity index is 1220. The molecule has 0 radical (unpaired) electrons. The zero-order chi connectivity index (χ0) is 42.1. The number of esters is 2. The molecule has 0 aliphatic heterocycles. The van der Waals surface area contributed by atoms with E-state index in [0.29, 0.717) is 19.4 Å². The van der Waals surface area contributed by atoms with Crippen molar-refractivity contribution in [2.24, 2.45) is 0 Å². The number of rotatable bonds is 40. The molecule has 0 N–H and O–H groups in total. The Kier molecular flexibility index (Phi) is 44.6. The number of carbonyl (C=O) groups is 2. The van der Waals surface area contributed by atoms with E-state index in [-0.39, 0.29) is 31.6 Å². The summed E-state index contributed by atoms with van der Waals surface area (Å²) in [4.78, 5) is 25.2. The number of unbranched alkanes of at least 4 members (excludes halogenated alkanes) is 10. The minimum absolute atomic E-state index is 0.00986. The molecule has 0 saturated carbocycles. The number of hydrogen-bond donors (Lipinski definition) is 0. The Balaban J connectivity index is 4.49. The standard InChI is InChI=1S/C53H84O5/c1-4-7-10-13-16-19-22-24-26-27-29-30-32-34-37-40-43-46-52(54)57-50-51(49-56-48-45-42-39-36-21-18-15-12-9-6-3)58-53(55)47-44-41-38-35-33-31-28-25-23-20-17-14-11-8-5-2/h7-8,10-11,16-17,19-20,24-26,28-30,33-35,37,41,44,51H,4-6,9,12-15,18,21-23,27,31-32,36,38-40,42-43,45-50H2,1-3H3/b10-7-,11-8-,19-16-,20-17-,26-24-,28-25-,30-29-,35-33-,37-34-,44-41-. The maximum absolute atomic E-state index is 12.7. The molecule has 0 aromatic carbocycles. The summed E-state index contributed by atoms with van der Waals surface area (Å²) in [7, 11) is 0. The lowest BCUT2D eigenvalue weighted by Gasteiger charge is -2.18. The number of carbonyl (C=O) groups excluding carboxylic acids is 2. The van der Waals surface area contributed by atoms with Gasteiger partial charge in [-0.2, -0.15) is 0 Å². The van der Waals surface area contributed by atoms with Crippen LogP contribution < -0.4 is 0 Å². The Hall–Kier alpha value is -3.70. The summed E-state index contributed by atoms with van der Waals surface area (Å²) >= 11 is 0. The first-order valence-electron chi connectivity index (χ1n) is 23.1.